The smallest absolute Gasteiger partial charge is 0.0558 e. The van der Waals surface area contributed by atoms with Gasteiger partial charge in [0.05, 0.1) is 6.61 Å². The molecule has 2 atom stereocenters. The van der Waals surface area contributed by atoms with Crippen LogP contribution in [-0.4, -0.2) is 68.5 Å². The Balaban J connectivity index is 5.04. The molecule has 0 saturated carbocycles. The van der Waals surface area contributed by atoms with Crippen molar-refractivity contribution in [2.75, 3.05) is 32.5 Å². The molecule has 0 rings (SSSR count). The predicted octanol–water partition coefficient (Wildman–Crippen LogP) is 2.08. The van der Waals surface area contributed by atoms with E-state index in [0.717, 1.165) is 6.54 Å². The molecule has 0 aromatic rings. The highest BCUT2D eigenvalue weighted by Gasteiger charge is 2.29. The van der Waals surface area contributed by atoms with Crippen LogP contribution in [0.25, 0.3) is 0 Å². The van der Waals surface area contributed by atoms with E-state index in [1.165, 1.54) is 0 Å². The molecule has 0 bridgehead atoms. The number of aliphatic hydroxyl groups excluding tert-OH is 1. The lowest BCUT2D eigenvalue weighted by atomic mass is 9.87. The lowest BCUT2D eigenvalue weighted by Gasteiger charge is -2.41. The zero-order chi connectivity index (χ0) is 17.1. The zero-order valence-electron chi connectivity index (χ0n) is 15.3. The number of hydrogen-bond donors (Lipinski definition) is 1. The van der Waals surface area contributed by atoms with Gasteiger partial charge < -0.3 is 5.11 Å². The Morgan fingerprint density at radius 1 is 1.10 bits per heavy atom. The molecular formula is C16H36N2O2S. The quantitative estimate of drug-likeness (QED) is 0.730. The maximum absolute atomic E-state index is 12.4. The van der Waals surface area contributed by atoms with E-state index in [2.05, 4.69) is 59.2 Å². The molecule has 0 aliphatic carbocycles. The van der Waals surface area contributed by atoms with Gasteiger partial charge in [-0.25, -0.2) is 4.31 Å². The summed E-state index contributed by atoms with van der Waals surface area (Å²) in [5.41, 5.74) is -0.0523. The third-order valence-corrected chi connectivity index (χ3v) is 5.66. The Kier molecular flexibility index (Phi) is 7.41. The van der Waals surface area contributed by atoms with Gasteiger partial charge in [-0.05, 0) is 39.0 Å². The van der Waals surface area contributed by atoms with E-state index in [0.29, 0.717) is 19.1 Å². The van der Waals surface area contributed by atoms with Gasteiger partial charge in [0.1, 0.15) is 0 Å². The van der Waals surface area contributed by atoms with Gasteiger partial charge in [0, 0.05) is 47.2 Å². The molecule has 0 amide bonds. The molecule has 1 N–H and O–H groups in total. The van der Waals surface area contributed by atoms with Gasteiger partial charge in [-0.3, -0.25) is 9.11 Å². The van der Waals surface area contributed by atoms with E-state index in [4.69, 9.17) is 0 Å². The third kappa shape index (κ3) is 7.13. The van der Waals surface area contributed by atoms with Crippen LogP contribution >= 0.6 is 0 Å². The van der Waals surface area contributed by atoms with Crippen LogP contribution in [0, 0.1) is 5.41 Å². The van der Waals surface area contributed by atoms with E-state index in [1.54, 1.807) is 6.26 Å². The summed E-state index contributed by atoms with van der Waals surface area (Å²) in [6, 6.07) is 0.337. The van der Waals surface area contributed by atoms with E-state index in [1.807, 2.05) is 4.31 Å². The first-order valence-electron chi connectivity index (χ1n) is 7.66. The van der Waals surface area contributed by atoms with E-state index >= 15 is 0 Å². The van der Waals surface area contributed by atoms with Crippen molar-refractivity contribution in [2.24, 2.45) is 5.41 Å². The van der Waals surface area contributed by atoms with Crippen molar-refractivity contribution >= 4 is 15.6 Å². The maximum atomic E-state index is 12.4. The van der Waals surface area contributed by atoms with Crippen molar-refractivity contribution in [2.45, 2.75) is 60.0 Å². The number of rotatable bonds is 7. The molecule has 2 unspecified atom stereocenters. The predicted molar refractivity (Wildman–Crippen MR) is 95.2 cm³/mol. The molecule has 0 aromatic carbocycles. The largest absolute Gasteiger partial charge is 0.395 e. The van der Waals surface area contributed by atoms with Gasteiger partial charge in [0.15, 0.2) is 0 Å². The highest BCUT2D eigenvalue weighted by molar-refractivity contribution is 7.97. The van der Waals surface area contributed by atoms with Crippen LogP contribution in [0.4, 0.5) is 0 Å². The van der Waals surface area contributed by atoms with Crippen molar-refractivity contribution in [3.8, 4) is 0 Å². The first-order chi connectivity index (χ1) is 9.21. The summed E-state index contributed by atoms with van der Waals surface area (Å²) in [5.74, 6) is 3.84. The van der Waals surface area contributed by atoms with Crippen molar-refractivity contribution in [1.82, 2.24) is 9.21 Å². The second-order valence-electron chi connectivity index (χ2n) is 8.03. The highest BCUT2D eigenvalue weighted by atomic mass is 32.2. The molecule has 0 radical (unpaired) electrons. The van der Waals surface area contributed by atoms with E-state index < -0.39 is 9.71 Å². The fraction of sp³-hybridized carbons (Fsp3) is 0.938. The van der Waals surface area contributed by atoms with Crippen LogP contribution in [-0.2, 0) is 9.71 Å². The van der Waals surface area contributed by atoms with Crippen LogP contribution in [0.5, 0.6) is 0 Å². The van der Waals surface area contributed by atoms with Gasteiger partial charge >= 0.3 is 0 Å². The summed E-state index contributed by atoms with van der Waals surface area (Å²) < 4.78 is 14.4. The monoisotopic (exact) mass is 320 g/mol. The second-order valence-corrected chi connectivity index (χ2v) is 10.4. The van der Waals surface area contributed by atoms with Gasteiger partial charge in [-0.1, -0.05) is 20.8 Å². The summed E-state index contributed by atoms with van der Waals surface area (Å²) in [4.78, 5) is 2.27. The molecule has 0 aliphatic rings. The zero-order valence-corrected chi connectivity index (χ0v) is 16.1. The molecule has 0 heterocycles. The summed E-state index contributed by atoms with van der Waals surface area (Å²) in [6.07, 6.45) is 1.70. The first kappa shape index (κ1) is 20.9. The second kappa shape index (κ2) is 7.44. The van der Waals surface area contributed by atoms with Gasteiger partial charge in [0.2, 0.25) is 0 Å². The Morgan fingerprint density at radius 3 is 1.86 bits per heavy atom. The van der Waals surface area contributed by atoms with Crippen LogP contribution in [0.15, 0.2) is 0 Å². The summed E-state index contributed by atoms with van der Waals surface area (Å²) in [6.45, 7) is 17.2. The van der Waals surface area contributed by atoms with Gasteiger partial charge in [0.25, 0.3) is 0 Å². The summed E-state index contributed by atoms with van der Waals surface area (Å²) >= 11 is 0. The maximum Gasteiger partial charge on any atom is 0.0558 e. The normalized spacial score (nSPS) is 18.0. The van der Waals surface area contributed by atoms with Crippen LogP contribution < -0.4 is 0 Å². The van der Waals surface area contributed by atoms with Crippen molar-refractivity contribution in [3.05, 3.63) is 0 Å². The first-order valence-corrected chi connectivity index (χ1v) is 9.75. The minimum Gasteiger partial charge on any atom is -0.395 e. The average molecular weight is 321 g/mol. The number of hydrogen-bond acceptors (Lipinski definition) is 3. The van der Waals surface area contributed by atoms with Gasteiger partial charge in [-0.15, -0.1) is 0 Å². The number of aliphatic hydroxyl groups is 1. The minimum absolute atomic E-state index is 0.139. The molecular weight excluding hydrogens is 284 g/mol. The Morgan fingerprint density at radius 2 is 1.57 bits per heavy atom. The fourth-order valence-electron chi connectivity index (χ4n) is 2.50. The van der Waals surface area contributed by atoms with Crippen LogP contribution in [0.1, 0.15) is 48.5 Å². The topological polar surface area (TPSA) is 43.8 Å². The summed E-state index contributed by atoms with van der Waals surface area (Å²) in [7, 11) is -2.25. The van der Waals surface area contributed by atoms with Crippen LogP contribution in [0.3, 0.4) is 0 Å². The standard InChI is InChI=1S/C16H36N2O2S/c1-14(15(2,3)4)17(12-13-19)10-11-18(16(5,6)7)21(8,9)20/h14,19H,8,10-13H2,1-7,9H3. The molecule has 5 heteroatoms. The fourth-order valence-corrected chi connectivity index (χ4v) is 4.13. The third-order valence-electron chi connectivity index (χ3n) is 3.99. The molecule has 0 spiro atoms. The van der Waals surface area contributed by atoms with Crippen molar-refractivity contribution in [3.63, 3.8) is 0 Å². The van der Waals surface area contributed by atoms with Crippen molar-refractivity contribution < 1.29 is 9.32 Å². The lowest BCUT2D eigenvalue weighted by Crippen LogP contribution is -2.51. The molecule has 21 heavy (non-hydrogen) atoms. The highest BCUT2D eigenvalue weighted by Crippen LogP contribution is 2.24. The lowest BCUT2D eigenvalue weighted by molar-refractivity contribution is 0.0811. The van der Waals surface area contributed by atoms with E-state index in [-0.39, 0.29) is 17.6 Å². The SMILES string of the molecule is C=S(C)(=O)N(CCN(CCO)C(C)C(C)(C)C)C(C)(C)C. The van der Waals surface area contributed by atoms with Gasteiger partial charge in [-0.2, -0.15) is 0 Å². The minimum atomic E-state index is -2.25. The molecule has 0 saturated heterocycles. The average Bonchev–Trinajstić information content (AvgIpc) is 2.21. The molecule has 0 aliphatic heterocycles. The molecule has 4 nitrogen and oxygen atoms in total. The molecule has 0 aromatic heterocycles. The Bertz CT molecular complexity index is 405. The van der Waals surface area contributed by atoms with Crippen LogP contribution in [0.2, 0.25) is 0 Å². The molecule has 128 valence electrons. The van der Waals surface area contributed by atoms with Crippen molar-refractivity contribution in [1.29, 1.82) is 0 Å². The number of nitrogens with zero attached hydrogens (tertiary/aromatic N) is 2. The summed E-state index contributed by atoms with van der Waals surface area (Å²) in [5, 5.41) is 9.31. The Labute approximate surface area is 132 Å². The molecule has 0 fully saturated rings. The Hall–Kier alpha value is -0.100. The van der Waals surface area contributed by atoms with E-state index in [9.17, 15) is 9.32 Å².